The highest BCUT2D eigenvalue weighted by molar-refractivity contribution is 5.68. The first-order valence-electron chi connectivity index (χ1n) is 7.01. The molecule has 18 heavy (non-hydrogen) atoms. The lowest BCUT2D eigenvalue weighted by molar-refractivity contribution is -0.00410. The smallest absolute Gasteiger partial charge is 0.410 e. The van der Waals surface area contributed by atoms with E-state index in [4.69, 9.17) is 10.5 Å². The SMILES string of the molecule is CCC1CCCN(C(=O)OC(C)(C)C)C1[C@H](C)N. The number of amides is 1. The van der Waals surface area contributed by atoms with Gasteiger partial charge in [0.05, 0.1) is 6.04 Å². The van der Waals surface area contributed by atoms with Crippen LogP contribution in [0.2, 0.25) is 0 Å². The Kier molecular flexibility index (Phi) is 5.02. The van der Waals surface area contributed by atoms with Crippen molar-refractivity contribution in [2.24, 2.45) is 11.7 Å². The topological polar surface area (TPSA) is 55.6 Å². The van der Waals surface area contributed by atoms with Gasteiger partial charge in [-0.05, 0) is 46.5 Å². The van der Waals surface area contributed by atoms with Gasteiger partial charge in [-0.3, -0.25) is 0 Å². The minimum Gasteiger partial charge on any atom is -0.444 e. The number of nitrogens with two attached hydrogens (primary N) is 1. The first-order valence-corrected chi connectivity index (χ1v) is 7.01. The highest BCUT2D eigenvalue weighted by Gasteiger charge is 2.37. The van der Waals surface area contributed by atoms with Gasteiger partial charge in [-0.25, -0.2) is 4.79 Å². The number of hydrogen-bond acceptors (Lipinski definition) is 3. The molecule has 4 nitrogen and oxygen atoms in total. The van der Waals surface area contributed by atoms with Crippen molar-refractivity contribution in [3.05, 3.63) is 0 Å². The lowest BCUT2D eigenvalue weighted by Gasteiger charge is -2.43. The minimum atomic E-state index is -0.446. The maximum Gasteiger partial charge on any atom is 0.410 e. The van der Waals surface area contributed by atoms with Crippen molar-refractivity contribution in [3.63, 3.8) is 0 Å². The molecule has 0 aromatic heterocycles. The van der Waals surface area contributed by atoms with Gasteiger partial charge in [-0.2, -0.15) is 0 Å². The number of carbonyl (C=O) groups is 1. The Morgan fingerprint density at radius 1 is 1.50 bits per heavy atom. The van der Waals surface area contributed by atoms with Gasteiger partial charge in [-0.1, -0.05) is 13.3 Å². The normalized spacial score (nSPS) is 26.9. The average molecular weight is 256 g/mol. The molecule has 1 saturated heterocycles. The largest absolute Gasteiger partial charge is 0.444 e. The van der Waals surface area contributed by atoms with Gasteiger partial charge >= 0.3 is 6.09 Å². The lowest BCUT2D eigenvalue weighted by atomic mass is 9.84. The molecule has 4 heteroatoms. The molecule has 1 aliphatic heterocycles. The number of carbonyl (C=O) groups excluding carboxylic acids is 1. The standard InChI is InChI=1S/C14H28N2O2/c1-6-11-8-7-9-16(12(11)10(2)15)13(17)18-14(3,4)5/h10-12H,6-9,15H2,1-5H3/t10-,11?,12?/m0/s1. The molecule has 0 saturated carbocycles. The van der Waals surface area contributed by atoms with Crippen LogP contribution in [0.3, 0.4) is 0 Å². The molecule has 1 aliphatic rings. The molecule has 0 radical (unpaired) electrons. The summed E-state index contributed by atoms with van der Waals surface area (Å²) in [7, 11) is 0. The minimum absolute atomic E-state index is 0.0113. The predicted molar refractivity (Wildman–Crippen MR) is 73.4 cm³/mol. The van der Waals surface area contributed by atoms with Gasteiger partial charge < -0.3 is 15.4 Å². The summed E-state index contributed by atoms with van der Waals surface area (Å²) in [5.41, 5.74) is 5.63. The molecule has 2 N–H and O–H groups in total. The Morgan fingerprint density at radius 3 is 2.56 bits per heavy atom. The van der Waals surface area contributed by atoms with Gasteiger partial charge in [0, 0.05) is 12.6 Å². The third kappa shape index (κ3) is 3.87. The second-order valence-electron chi connectivity index (χ2n) is 6.33. The van der Waals surface area contributed by atoms with Gasteiger partial charge in [0.15, 0.2) is 0 Å². The Bertz CT molecular complexity index is 284. The highest BCUT2D eigenvalue weighted by atomic mass is 16.6. The Morgan fingerprint density at radius 2 is 2.11 bits per heavy atom. The zero-order valence-electron chi connectivity index (χ0n) is 12.4. The van der Waals surface area contributed by atoms with Crippen molar-refractivity contribution in [1.82, 2.24) is 4.90 Å². The zero-order valence-corrected chi connectivity index (χ0v) is 12.4. The number of nitrogens with zero attached hydrogens (tertiary/aromatic N) is 1. The summed E-state index contributed by atoms with van der Waals surface area (Å²) in [6.45, 7) is 10.6. The molecular formula is C14H28N2O2. The van der Waals surface area contributed by atoms with E-state index in [0.717, 1.165) is 25.8 Å². The maximum atomic E-state index is 12.2. The lowest BCUT2D eigenvalue weighted by Crippen LogP contribution is -2.56. The number of likely N-dealkylation sites (tertiary alicyclic amines) is 1. The van der Waals surface area contributed by atoms with E-state index in [1.165, 1.54) is 0 Å². The molecule has 0 aromatic rings. The highest BCUT2D eigenvalue weighted by Crippen LogP contribution is 2.29. The molecule has 1 fully saturated rings. The molecule has 2 unspecified atom stereocenters. The van der Waals surface area contributed by atoms with E-state index in [-0.39, 0.29) is 18.2 Å². The van der Waals surface area contributed by atoms with Gasteiger partial charge in [0.25, 0.3) is 0 Å². The fourth-order valence-electron chi connectivity index (χ4n) is 2.79. The molecular weight excluding hydrogens is 228 g/mol. The third-order valence-electron chi connectivity index (χ3n) is 3.51. The van der Waals surface area contributed by atoms with Gasteiger partial charge in [-0.15, -0.1) is 0 Å². The van der Waals surface area contributed by atoms with Crippen LogP contribution in [0.25, 0.3) is 0 Å². The molecule has 1 rings (SSSR count). The number of piperidine rings is 1. The molecule has 3 atom stereocenters. The molecule has 1 heterocycles. The summed E-state index contributed by atoms with van der Waals surface area (Å²) in [5, 5.41) is 0. The van der Waals surface area contributed by atoms with Gasteiger partial charge in [0.2, 0.25) is 0 Å². The Balaban J connectivity index is 2.80. The van der Waals surface area contributed by atoms with Crippen LogP contribution in [-0.2, 0) is 4.74 Å². The van der Waals surface area contributed by atoms with Crippen molar-refractivity contribution < 1.29 is 9.53 Å². The van der Waals surface area contributed by atoms with Crippen LogP contribution < -0.4 is 5.73 Å². The van der Waals surface area contributed by atoms with E-state index in [1.807, 2.05) is 32.6 Å². The predicted octanol–water partition coefficient (Wildman–Crippen LogP) is 2.76. The molecule has 1 amide bonds. The average Bonchev–Trinajstić information content (AvgIpc) is 2.25. The van der Waals surface area contributed by atoms with Crippen LogP contribution in [0.5, 0.6) is 0 Å². The third-order valence-corrected chi connectivity index (χ3v) is 3.51. The van der Waals surface area contributed by atoms with E-state index >= 15 is 0 Å². The van der Waals surface area contributed by atoms with Crippen LogP contribution in [0.4, 0.5) is 4.79 Å². The second-order valence-corrected chi connectivity index (χ2v) is 6.33. The van der Waals surface area contributed by atoms with Crippen LogP contribution in [0.1, 0.15) is 53.9 Å². The summed E-state index contributed by atoms with van der Waals surface area (Å²) in [6.07, 6.45) is 3.04. The van der Waals surface area contributed by atoms with Crippen molar-refractivity contribution >= 4 is 6.09 Å². The number of hydrogen-bond donors (Lipinski definition) is 1. The first-order chi connectivity index (χ1) is 8.26. The van der Waals surface area contributed by atoms with Gasteiger partial charge in [0.1, 0.15) is 5.60 Å². The quantitative estimate of drug-likeness (QED) is 0.826. The first kappa shape index (κ1) is 15.3. The van der Waals surface area contributed by atoms with E-state index in [0.29, 0.717) is 5.92 Å². The summed E-state index contributed by atoms with van der Waals surface area (Å²) in [5.74, 6) is 0.492. The summed E-state index contributed by atoms with van der Waals surface area (Å²) in [6, 6.07) is 0.0985. The fourth-order valence-corrected chi connectivity index (χ4v) is 2.79. The molecule has 0 spiro atoms. The van der Waals surface area contributed by atoms with Crippen LogP contribution in [-0.4, -0.2) is 35.2 Å². The van der Waals surface area contributed by atoms with Crippen LogP contribution in [0.15, 0.2) is 0 Å². The molecule has 106 valence electrons. The molecule has 0 aliphatic carbocycles. The fraction of sp³-hybridized carbons (Fsp3) is 0.929. The summed E-state index contributed by atoms with van der Waals surface area (Å²) < 4.78 is 5.48. The van der Waals surface area contributed by atoms with Crippen LogP contribution >= 0.6 is 0 Å². The number of rotatable bonds is 2. The maximum absolute atomic E-state index is 12.2. The van der Waals surface area contributed by atoms with E-state index in [9.17, 15) is 4.79 Å². The van der Waals surface area contributed by atoms with Crippen molar-refractivity contribution in [2.75, 3.05) is 6.54 Å². The number of ether oxygens (including phenoxy) is 1. The molecule has 0 bridgehead atoms. The second kappa shape index (κ2) is 5.91. The Labute approximate surface area is 111 Å². The monoisotopic (exact) mass is 256 g/mol. The van der Waals surface area contributed by atoms with E-state index in [1.54, 1.807) is 0 Å². The summed E-state index contributed by atoms with van der Waals surface area (Å²) in [4.78, 5) is 14.1. The van der Waals surface area contributed by atoms with Crippen LogP contribution in [0, 0.1) is 5.92 Å². The Hall–Kier alpha value is -0.770. The van der Waals surface area contributed by atoms with E-state index < -0.39 is 5.60 Å². The summed E-state index contributed by atoms with van der Waals surface area (Å²) >= 11 is 0. The van der Waals surface area contributed by atoms with Crippen molar-refractivity contribution in [2.45, 2.75) is 71.6 Å². The van der Waals surface area contributed by atoms with E-state index in [2.05, 4.69) is 6.92 Å². The molecule has 0 aromatic carbocycles. The van der Waals surface area contributed by atoms with Crippen molar-refractivity contribution in [3.8, 4) is 0 Å². The van der Waals surface area contributed by atoms with Crippen molar-refractivity contribution in [1.29, 1.82) is 0 Å². The zero-order chi connectivity index (χ0) is 13.9.